The molecule has 2 heterocycles. The van der Waals surface area contributed by atoms with Crippen LogP contribution < -0.4 is 10.6 Å². The van der Waals surface area contributed by atoms with E-state index in [0.717, 1.165) is 16.6 Å². The largest absolute Gasteiger partial charge is 0.340 e. The fourth-order valence-electron chi connectivity index (χ4n) is 2.75. The molecule has 0 saturated carbocycles. The highest BCUT2D eigenvalue weighted by Crippen LogP contribution is 2.25. The lowest BCUT2D eigenvalue weighted by atomic mass is 10.2. The van der Waals surface area contributed by atoms with Gasteiger partial charge < -0.3 is 10.6 Å². The molecule has 2 N–H and O–H groups in total. The SMILES string of the molecule is Cc1nc(Nc2cccc(F)c2)cc(Nc2cccc3cccnc23)n1. The zero-order valence-electron chi connectivity index (χ0n) is 14.1. The van der Waals surface area contributed by atoms with Crippen LogP contribution in [0.2, 0.25) is 0 Å². The van der Waals surface area contributed by atoms with Gasteiger partial charge in [-0.05, 0) is 37.3 Å². The second kappa shape index (κ2) is 6.76. The van der Waals surface area contributed by atoms with Crippen LogP contribution in [0.3, 0.4) is 0 Å². The quantitative estimate of drug-likeness (QED) is 0.547. The van der Waals surface area contributed by atoms with Crippen LogP contribution in [-0.2, 0) is 0 Å². The number of para-hydroxylation sites is 1. The number of halogens is 1. The molecule has 26 heavy (non-hydrogen) atoms. The van der Waals surface area contributed by atoms with Gasteiger partial charge >= 0.3 is 0 Å². The van der Waals surface area contributed by atoms with E-state index in [0.29, 0.717) is 23.1 Å². The van der Waals surface area contributed by atoms with Gasteiger partial charge in [-0.15, -0.1) is 0 Å². The minimum absolute atomic E-state index is 0.305. The Morgan fingerprint density at radius 1 is 0.846 bits per heavy atom. The Kier molecular flexibility index (Phi) is 4.15. The molecule has 0 aliphatic carbocycles. The monoisotopic (exact) mass is 345 g/mol. The molecule has 5 nitrogen and oxygen atoms in total. The molecule has 6 heteroatoms. The number of pyridine rings is 1. The van der Waals surface area contributed by atoms with Gasteiger partial charge in [-0.25, -0.2) is 14.4 Å². The lowest BCUT2D eigenvalue weighted by molar-refractivity contribution is 0.628. The Morgan fingerprint density at radius 2 is 1.62 bits per heavy atom. The summed E-state index contributed by atoms with van der Waals surface area (Å²) in [4.78, 5) is 13.2. The topological polar surface area (TPSA) is 62.7 Å². The maximum absolute atomic E-state index is 13.4. The van der Waals surface area contributed by atoms with Crippen LogP contribution in [0.5, 0.6) is 0 Å². The molecule has 2 aromatic heterocycles. The number of anilines is 4. The van der Waals surface area contributed by atoms with E-state index in [-0.39, 0.29) is 5.82 Å². The number of nitrogens with one attached hydrogen (secondary N) is 2. The number of aromatic nitrogens is 3. The van der Waals surface area contributed by atoms with Crippen LogP contribution in [0, 0.1) is 12.7 Å². The number of hydrogen-bond acceptors (Lipinski definition) is 5. The van der Waals surface area contributed by atoms with E-state index in [1.165, 1.54) is 12.1 Å². The van der Waals surface area contributed by atoms with Crippen molar-refractivity contribution in [2.45, 2.75) is 6.92 Å². The van der Waals surface area contributed by atoms with Gasteiger partial charge in [-0.3, -0.25) is 4.98 Å². The van der Waals surface area contributed by atoms with Crippen LogP contribution in [0.15, 0.2) is 66.9 Å². The third-order valence-corrected chi connectivity index (χ3v) is 3.83. The average Bonchev–Trinajstić information content (AvgIpc) is 2.61. The molecule has 0 bridgehead atoms. The van der Waals surface area contributed by atoms with Gasteiger partial charge in [0.25, 0.3) is 0 Å². The summed E-state index contributed by atoms with van der Waals surface area (Å²) < 4.78 is 13.4. The molecular formula is C20H16FN5. The molecular weight excluding hydrogens is 329 g/mol. The number of fused-ring (bicyclic) bond motifs is 1. The summed E-state index contributed by atoms with van der Waals surface area (Å²) in [5, 5.41) is 7.44. The summed E-state index contributed by atoms with van der Waals surface area (Å²) in [6, 6.07) is 17.9. The van der Waals surface area contributed by atoms with Gasteiger partial charge in [-0.1, -0.05) is 24.3 Å². The molecule has 0 spiro atoms. The third kappa shape index (κ3) is 3.44. The molecule has 0 amide bonds. The molecule has 0 atom stereocenters. The van der Waals surface area contributed by atoms with Gasteiger partial charge in [0.15, 0.2) is 0 Å². The summed E-state index contributed by atoms with van der Waals surface area (Å²) in [7, 11) is 0. The summed E-state index contributed by atoms with van der Waals surface area (Å²) in [6.45, 7) is 1.81. The van der Waals surface area contributed by atoms with Crippen molar-refractivity contribution in [1.82, 2.24) is 15.0 Å². The number of benzene rings is 2. The van der Waals surface area contributed by atoms with E-state index in [1.807, 2.05) is 37.3 Å². The molecule has 0 fully saturated rings. The number of nitrogens with zero attached hydrogens (tertiary/aromatic N) is 3. The first-order valence-corrected chi connectivity index (χ1v) is 8.16. The van der Waals surface area contributed by atoms with Crippen molar-refractivity contribution >= 4 is 33.9 Å². The van der Waals surface area contributed by atoms with E-state index in [2.05, 4.69) is 25.6 Å². The van der Waals surface area contributed by atoms with Crippen molar-refractivity contribution in [1.29, 1.82) is 0 Å². The summed E-state index contributed by atoms with van der Waals surface area (Å²) in [6.07, 6.45) is 1.76. The minimum Gasteiger partial charge on any atom is -0.340 e. The highest BCUT2D eigenvalue weighted by atomic mass is 19.1. The first kappa shape index (κ1) is 16.0. The molecule has 0 radical (unpaired) electrons. The molecule has 2 aromatic carbocycles. The van der Waals surface area contributed by atoms with E-state index < -0.39 is 0 Å². The standard InChI is InChI=1S/C20H16FN5/c1-13-23-18(25-16-8-3-7-15(21)11-16)12-19(24-13)26-17-9-2-5-14-6-4-10-22-20(14)17/h2-12H,1H3,(H2,23,24,25,26). The fraction of sp³-hybridized carbons (Fsp3) is 0.0500. The Hall–Kier alpha value is -3.54. The van der Waals surface area contributed by atoms with Crippen LogP contribution >= 0.6 is 0 Å². The molecule has 4 rings (SSSR count). The second-order valence-corrected chi connectivity index (χ2v) is 5.83. The molecule has 0 saturated heterocycles. The third-order valence-electron chi connectivity index (χ3n) is 3.83. The maximum Gasteiger partial charge on any atom is 0.136 e. The summed E-state index contributed by atoms with van der Waals surface area (Å²) in [5.74, 6) is 1.51. The molecule has 0 aliphatic rings. The molecule has 128 valence electrons. The van der Waals surface area contributed by atoms with Gasteiger partial charge in [0.1, 0.15) is 23.3 Å². The van der Waals surface area contributed by atoms with Crippen LogP contribution in [0.25, 0.3) is 10.9 Å². The average molecular weight is 345 g/mol. The van der Waals surface area contributed by atoms with E-state index >= 15 is 0 Å². The van der Waals surface area contributed by atoms with E-state index in [9.17, 15) is 4.39 Å². The van der Waals surface area contributed by atoms with Crippen LogP contribution in [0.4, 0.5) is 27.4 Å². The van der Waals surface area contributed by atoms with Crippen LogP contribution in [0.1, 0.15) is 5.82 Å². The normalized spacial score (nSPS) is 10.7. The Morgan fingerprint density at radius 3 is 2.46 bits per heavy atom. The summed E-state index contributed by atoms with van der Waals surface area (Å²) in [5.41, 5.74) is 2.35. The minimum atomic E-state index is -0.305. The lowest BCUT2D eigenvalue weighted by Crippen LogP contribution is -2.02. The first-order chi connectivity index (χ1) is 12.7. The fourth-order valence-corrected chi connectivity index (χ4v) is 2.75. The van der Waals surface area contributed by atoms with Gasteiger partial charge in [0.2, 0.25) is 0 Å². The van der Waals surface area contributed by atoms with E-state index in [4.69, 9.17) is 0 Å². The van der Waals surface area contributed by atoms with Gasteiger partial charge in [0, 0.05) is 23.3 Å². The van der Waals surface area contributed by atoms with Crippen molar-refractivity contribution in [3.05, 3.63) is 78.5 Å². The van der Waals surface area contributed by atoms with Gasteiger partial charge in [-0.2, -0.15) is 0 Å². The van der Waals surface area contributed by atoms with E-state index in [1.54, 1.807) is 24.4 Å². The molecule has 0 unspecified atom stereocenters. The number of aryl methyl sites for hydroxylation is 1. The maximum atomic E-state index is 13.4. The van der Waals surface area contributed by atoms with Crippen molar-refractivity contribution in [2.24, 2.45) is 0 Å². The summed E-state index contributed by atoms with van der Waals surface area (Å²) >= 11 is 0. The van der Waals surface area contributed by atoms with Crippen molar-refractivity contribution in [3.8, 4) is 0 Å². The number of rotatable bonds is 4. The molecule has 0 aliphatic heterocycles. The highest BCUT2D eigenvalue weighted by molar-refractivity contribution is 5.91. The predicted octanol–water partition coefficient (Wildman–Crippen LogP) is 4.96. The Labute approximate surface area is 150 Å². The molecule has 4 aromatic rings. The van der Waals surface area contributed by atoms with Crippen molar-refractivity contribution in [2.75, 3.05) is 10.6 Å². The second-order valence-electron chi connectivity index (χ2n) is 5.83. The Balaban J connectivity index is 1.66. The van der Waals surface area contributed by atoms with Crippen molar-refractivity contribution < 1.29 is 4.39 Å². The van der Waals surface area contributed by atoms with Crippen LogP contribution in [-0.4, -0.2) is 15.0 Å². The predicted molar refractivity (Wildman–Crippen MR) is 101 cm³/mol. The first-order valence-electron chi connectivity index (χ1n) is 8.16. The zero-order valence-corrected chi connectivity index (χ0v) is 14.1. The Bertz CT molecular complexity index is 1080. The smallest absolute Gasteiger partial charge is 0.136 e. The van der Waals surface area contributed by atoms with Gasteiger partial charge in [0.05, 0.1) is 11.2 Å². The zero-order chi connectivity index (χ0) is 17.9. The van der Waals surface area contributed by atoms with Crippen molar-refractivity contribution in [3.63, 3.8) is 0 Å². The highest BCUT2D eigenvalue weighted by Gasteiger charge is 2.06. The number of hydrogen-bond donors (Lipinski definition) is 2. The lowest BCUT2D eigenvalue weighted by Gasteiger charge is -2.11.